The number of hydrogen-bond acceptors (Lipinski definition) is 3. The van der Waals surface area contributed by atoms with Crippen molar-refractivity contribution in [3.8, 4) is 0 Å². The van der Waals surface area contributed by atoms with Crippen molar-refractivity contribution >= 4 is 7.37 Å². The molecular weight excluding hydrogens is 177 g/mol. The molecule has 0 saturated heterocycles. The van der Waals surface area contributed by atoms with Gasteiger partial charge in [0.25, 0.3) is 0 Å². The number of aliphatic hydroxyl groups is 1. The van der Waals surface area contributed by atoms with Gasteiger partial charge in [-0.2, -0.15) is 0 Å². The lowest BCUT2D eigenvalue weighted by atomic mass is 10.4. The van der Waals surface area contributed by atoms with Gasteiger partial charge in [0.2, 0.25) is 7.37 Å². The molecule has 0 aromatic rings. The van der Waals surface area contributed by atoms with Crippen LogP contribution >= 0.6 is 7.37 Å². The Bertz CT molecular complexity index is 163. The van der Waals surface area contributed by atoms with Crippen molar-refractivity contribution in [2.45, 2.75) is 32.0 Å². The Labute approximate surface area is 73.2 Å². The lowest BCUT2D eigenvalue weighted by molar-refractivity contribution is 0.222. The maximum absolute atomic E-state index is 11.3. The summed E-state index contributed by atoms with van der Waals surface area (Å²) < 4.78 is 11.3. The first kappa shape index (κ1) is 12.1. The second-order valence-corrected chi connectivity index (χ2v) is 5.45. The van der Waals surface area contributed by atoms with Crippen LogP contribution in [0.3, 0.4) is 0 Å². The Balaban J connectivity index is 3.91. The molecule has 0 fully saturated rings. The molecule has 4 nitrogen and oxygen atoms in total. The van der Waals surface area contributed by atoms with E-state index in [1.807, 2.05) is 6.92 Å². The van der Waals surface area contributed by atoms with Gasteiger partial charge in [0.05, 0.1) is 0 Å². The van der Waals surface area contributed by atoms with E-state index in [0.717, 1.165) is 6.42 Å². The molecule has 0 aromatic heterocycles. The van der Waals surface area contributed by atoms with Gasteiger partial charge >= 0.3 is 0 Å². The Kier molecular flexibility index (Phi) is 5.76. The second-order valence-electron chi connectivity index (χ2n) is 2.89. The van der Waals surface area contributed by atoms with Crippen LogP contribution in [0, 0.1) is 0 Å². The van der Waals surface area contributed by atoms with Crippen molar-refractivity contribution in [3.05, 3.63) is 0 Å². The SMILES string of the molecule is CCCCP(=O)(O)C(O)CCN. The molecule has 0 aromatic carbocycles. The van der Waals surface area contributed by atoms with Crippen LogP contribution < -0.4 is 5.73 Å². The van der Waals surface area contributed by atoms with Gasteiger partial charge in [-0.3, -0.25) is 4.57 Å². The molecule has 0 aliphatic carbocycles. The quantitative estimate of drug-likeness (QED) is 0.545. The van der Waals surface area contributed by atoms with Crippen LogP contribution in [-0.4, -0.2) is 28.6 Å². The highest BCUT2D eigenvalue weighted by Crippen LogP contribution is 2.46. The van der Waals surface area contributed by atoms with E-state index in [0.29, 0.717) is 6.42 Å². The third-order valence-electron chi connectivity index (χ3n) is 1.72. The minimum Gasteiger partial charge on any atom is -0.383 e. The van der Waals surface area contributed by atoms with Gasteiger partial charge < -0.3 is 15.7 Å². The lowest BCUT2D eigenvalue weighted by Gasteiger charge is -2.16. The first-order valence-corrected chi connectivity index (χ1v) is 6.15. The van der Waals surface area contributed by atoms with Gasteiger partial charge in [0, 0.05) is 6.16 Å². The lowest BCUT2D eigenvalue weighted by Crippen LogP contribution is -2.15. The molecule has 4 N–H and O–H groups in total. The maximum Gasteiger partial charge on any atom is 0.228 e. The van der Waals surface area contributed by atoms with E-state index in [1.54, 1.807) is 0 Å². The average Bonchev–Trinajstić information content (AvgIpc) is 2.01. The molecule has 0 aliphatic rings. The predicted molar refractivity (Wildman–Crippen MR) is 49.3 cm³/mol. The zero-order valence-corrected chi connectivity index (χ0v) is 8.33. The Morgan fingerprint density at radius 1 is 1.58 bits per heavy atom. The summed E-state index contributed by atoms with van der Waals surface area (Å²) in [4.78, 5) is 9.30. The number of unbranched alkanes of at least 4 members (excludes halogenated alkanes) is 1. The standard InChI is InChI=1S/C7H18NO3P/c1-2-3-6-12(10,11)7(9)4-5-8/h7,9H,2-6,8H2,1H3,(H,10,11). The van der Waals surface area contributed by atoms with E-state index in [-0.39, 0.29) is 19.1 Å². The van der Waals surface area contributed by atoms with E-state index in [1.165, 1.54) is 0 Å². The smallest absolute Gasteiger partial charge is 0.228 e. The number of nitrogens with two attached hydrogens (primary N) is 1. The highest BCUT2D eigenvalue weighted by molar-refractivity contribution is 7.58. The molecule has 2 unspecified atom stereocenters. The van der Waals surface area contributed by atoms with E-state index >= 15 is 0 Å². The molecule has 0 aliphatic heterocycles. The number of aliphatic hydroxyl groups excluding tert-OH is 1. The molecule has 5 heteroatoms. The fraction of sp³-hybridized carbons (Fsp3) is 1.00. The number of hydrogen-bond donors (Lipinski definition) is 3. The van der Waals surface area contributed by atoms with Crippen LogP contribution in [0.25, 0.3) is 0 Å². The van der Waals surface area contributed by atoms with Crippen LogP contribution in [0.2, 0.25) is 0 Å². The van der Waals surface area contributed by atoms with Gasteiger partial charge in [-0.25, -0.2) is 0 Å². The van der Waals surface area contributed by atoms with Crippen molar-refractivity contribution in [2.24, 2.45) is 5.73 Å². The van der Waals surface area contributed by atoms with Crippen molar-refractivity contribution in [3.63, 3.8) is 0 Å². The van der Waals surface area contributed by atoms with Crippen LogP contribution in [0.15, 0.2) is 0 Å². The summed E-state index contributed by atoms with van der Waals surface area (Å²) in [5.41, 5.74) is 5.16. The summed E-state index contributed by atoms with van der Waals surface area (Å²) in [6.45, 7) is 2.19. The minimum absolute atomic E-state index is 0.199. The van der Waals surface area contributed by atoms with E-state index < -0.39 is 13.2 Å². The summed E-state index contributed by atoms with van der Waals surface area (Å²) in [7, 11) is -3.34. The normalized spacial score (nSPS) is 18.7. The molecule has 0 radical (unpaired) electrons. The second kappa shape index (κ2) is 5.70. The van der Waals surface area contributed by atoms with Crippen molar-refractivity contribution < 1.29 is 14.6 Å². The maximum atomic E-state index is 11.3. The average molecular weight is 195 g/mol. The van der Waals surface area contributed by atoms with E-state index in [9.17, 15) is 14.6 Å². The zero-order valence-electron chi connectivity index (χ0n) is 7.44. The summed E-state index contributed by atoms with van der Waals surface area (Å²) in [6, 6.07) is 0. The summed E-state index contributed by atoms with van der Waals surface area (Å²) in [6.07, 6.45) is 1.94. The number of rotatable bonds is 6. The summed E-state index contributed by atoms with van der Waals surface area (Å²) in [5, 5.41) is 9.21. The van der Waals surface area contributed by atoms with E-state index in [4.69, 9.17) is 5.73 Å². The fourth-order valence-electron chi connectivity index (χ4n) is 0.884. The van der Waals surface area contributed by atoms with Gasteiger partial charge in [-0.15, -0.1) is 0 Å². The van der Waals surface area contributed by atoms with E-state index in [2.05, 4.69) is 0 Å². The molecule has 0 saturated carbocycles. The third kappa shape index (κ3) is 4.21. The summed E-state index contributed by atoms with van der Waals surface area (Å²) in [5.74, 6) is -1.13. The Morgan fingerprint density at radius 3 is 2.58 bits per heavy atom. The molecular formula is C7H18NO3P. The molecule has 0 amide bonds. The van der Waals surface area contributed by atoms with Crippen molar-refractivity contribution in [1.29, 1.82) is 0 Å². The molecule has 12 heavy (non-hydrogen) atoms. The monoisotopic (exact) mass is 195 g/mol. The molecule has 74 valence electrons. The third-order valence-corrected chi connectivity index (χ3v) is 3.87. The zero-order chi connectivity index (χ0) is 9.61. The topological polar surface area (TPSA) is 83.5 Å². The van der Waals surface area contributed by atoms with Gasteiger partial charge in [-0.1, -0.05) is 13.3 Å². The minimum atomic E-state index is -3.34. The molecule has 0 rings (SSSR count). The fourth-order valence-corrected chi connectivity index (χ4v) is 2.50. The van der Waals surface area contributed by atoms with Crippen molar-refractivity contribution in [2.75, 3.05) is 12.7 Å². The first-order chi connectivity index (χ1) is 5.54. The summed E-state index contributed by atoms with van der Waals surface area (Å²) >= 11 is 0. The van der Waals surface area contributed by atoms with Crippen LogP contribution in [0.1, 0.15) is 26.2 Å². The largest absolute Gasteiger partial charge is 0.383 e. The van der Waals surface area contributed by atoms with Crippen LogP contribution in [0.5, 0.6) is 0 Å². The van der Waals surface area contributed by atoms with Gasteiger partial charge in [-0.05, 0) is 19.4 Å². The van der Waals surface area contributed by atoms with Gasteiger partial charge in [0.1, 0.15) is 5.85 Å². The van der Waals surface area contributed by atoms with Gasteiger partial charge in [0.15, 0.2) is 0 Å². The highest BCUT2D eigenvalue weighted by Gasteiger charge is 2.26. The Morgan fingerprint density at radius 2 is 2.17 bits per heavy atom. The molecule has 0 spiro atoms. The van der Waals surface area contributed by atoms with Crippen molar-refractivity contribution in [1.82, 2.24) is 0 Å². The first-order valence-electron chi connectivity index (χ1n) is 4.24. The Hall–Kier alpha value is 0.110. The van der Waals surface area contributed by atoms with Crippen LogP contribution in [-0.2, 0) is 4.57 Å². The predicted octanol–water partition coefficient (Wildman–Crippen LogP) is 0.724. The highest BCUT2D eigenvalue weighted by atomic mass is 31.2. The van der Waals surface area contributed by atoms with Crippen LogP contribution in [0.4, 0.5) is 0 Å². The molecule has 0 bridgehead atoms. The molecule has 2 atom stereocenters. The molecule has 0 heterocycles.